The number of anilines is 1. The molecule has 0 aliphatic heterocycles. The molecule has 0 unspecified atom stereocenters. The molecular weight excluding hydrogens is 254 g/mol. The molecule has 0 atom stereocenters. The molecule has 2 N–H and O–H groups in total. The zero-order chi connectivity index (χ0) is 14.4. The van der Waals surface area contributed by atoms with E-state index in [4.69, 9.17) is 4.42 Å². The number of rotatable bonds is 5. The van der Waals surface area contributed by atoms with Gasteiger partial charge in [-0.1, -0.05) is 18.2 Å². The highest BCUT2D eigenvalue weighted by molar-refractivity contribution is 5.83. The first-order valence-corrected chi connectivity index (χ1v) is 6.33. The highest BCUT2D eigenvalue weighted by Gasteiger charge is 2.01. The minimum Gasteiger partial charge on any atom is -0.460 e. The van der Waals surface area contributed by atoms with Crippen LogP contribution in [0.4, 0.5) is 5.69 Å². The number of carbonyl (C=O) groups is 1. The van der Waals surface area contributed by atoms with Crippen LogP contribution in [0.25, 0.3) is 0 Å². The average Bonchev–Trinajstić information content (AvgIpc) is 2.83. The predicted molar refractivity (Wildman–Crippen MR) is 78.9 cm³/mol. The highest BCUT2D eigenvalue weighted by atomic mass is 16.3. The molecule has 0 aliphatic rings. The lowest BCUT2D eigenvalue weighted by Crippen LogP contribution is -2.26. The number of benzene rings is 1. The minimum atomic E-state index is -0.215. The fourth-order valence-corrected chi connectivity index (χ4v) is 1.68. The molecule has 0 saturated heterocycles. The third kappa shape index (κ3) is 3.98. The fraction of sp³-hybridized carbons (Fsp3) is 0.200. The van der Waals surface area contributed by atoms with E-state index in [1.54, 1.807) is 6.07 Å². The Hall–Kier alpha value is -2.56. The maximum Gasteiger partial charge on any atom is 0.259 e. The number of hydrogen-bond acceptors (Lipinski definition) is 4. The fourth-order valence-electron chi connectivity index (χ4n) is 1.68. The van der Waals surface area contributed by atoms with Crippen molar-refractivity contribution in [3.05, 3.63) is 53.5 Å². The van der Waals surface area contributed by atoms with E-state index in [1.807, 2.05) is 44.2 Å². The SMILES string of the molecule is Cc1ccc(/C=N/NC(=O)CNc2ccccc2C)o1. The van der Waals surface area contributed by atoms with Gasteiger partial charge < -0.3 is 9.73 Å². The summed E-state index contributed by atoms with van der Waals surface area (Å²) in [6.45, 7) is 4.00. The Morgan fingerprint density at radius 1 is 1.25 bits per heavy atom. The van der Waals surface area contributed by atoms with Crippen molar-refractivity contribution in [2.24, 2.45) is 5.10 Å². The second-order valence-corrected chi connectivity index (χ2v) is 4.41. The molecule has 1 aromatic heterocycles. The molecule has 5 heteroatoms. The van der Waals surface area contributed by atoms with Gasteiger partial charge in [-0.15, -0.1) is 0 Å². The van der Waals surface area contributed by atoms with Crippen LogP contribution >= 0.6 is 0 Å². The van der Waals surface area contributed by atoms with Gasteiger partial charge in [-0.3, -0.25) is 4.79 Å². The number of furan rings is 1. The zero-order valence-corrected chi connectivity index (χ0v) is 11.5. The summed E-state index contributed by atoms with van der Waals surface area (Å²) in [5.74, 6) is 1.20. The Bertz CT molecular complexity index is 617. The average molecular weight is 271 g/mol. The first kappa shape index (κ1) is 13.9. The van der Waals surface area contributed by atoms with Crippen LogP contribution in [0, 0.1) is 13.8 Å². The van der Waals surface area contributed by atoms with Crippen molar-refractivity contribution in [2.45, 2.75) is 13.8 Å². The molecule has 1 heterocycles. The van der Waals surface area contributed by atoms with Crippen LogP contribution in [0.3, 0.4) is 0 Å². The number of nitrogens with zero attached hydrogens (tertiary/aromatic N) is 1. The summed E-state index contributed by atoms with van der Waals surface area (Å²) >= 11 is 0. The lowest BCUT2D eigenvalue weighted by molar-refractivity contribution is -0.119. The lowest BCUT2D eigenvalue weighted by Gasteiger charge is -2.07. The third-order valence-electron chi connectivity index (χ3n) is 2.73. The van der Waals surface area contributed by atoms with E-state index in [1.165, 1.54) is 6.21 Å². The Balaban J connectivity index is 1.78. The molecule has 20 heavy (non-hydrogen) atoms. The zero-order valence-electron chi connectivity index (χ0n) is 11.5. The topological polar surface area (TPSA) is 66.6 Å². The number of hydrogen-bond donors (Lipinski definition) is 2. The Labute approximate surface area is 117 Å². The summed E-state index contributed by atoms with van der Waals surface area (Å²) in [6, 6.07) is 11.4. The summed E-state index contributed by atoms with van der Waals surface area (Å²) in [7, 11) is 0. The number of hydrazone groups is 1. The number of nitrogens with one attached hydrogen (secondary N) is 2. The molecular formula is C15H17N3O2. The van der Waals surface area contributed by atoms with Gasteiger partial charge in [0.15, 0.2) is 0 Å². The minimum absolute atomic E-state index is 0.166. The van der Waals surface area contributed by atoms with E-state index >= 15 is 0 Å². The van der Waals surface area contributed by atoms with Crippen LogP contribution in [-0.4, -0.2) is 18.7 Å². The number of carbonyl (C=O) groups excluding carboxylic acids is 1. The van der Waals surface area contributed by atoms with Crippen molar-refractivity contribution in [1.82, 2.24) is 5.43 Å². The summed E-state index contributed by atoms with van der Waals surface area (Å²) in [5, 5.41) is 6.89. The maximum atomic E-state index is 11.6. The molecule has 0 radical (unpaired) electrons. The van der Waals surface area contributed by atoms with Gasteiger partial charge in [0.05, 0.1) is 12.8 Å². The predicted octanol–water partition coefficient (Wildman–Crippen LogP) is 2.46. The van der Waals surface area contributed by atoms with E-state index in [9.17, 15) is 4.79 Å². The standard InChI is InChI=1S/C15H17N3O2/c1-11-5-3-4-6-14(11)16-10-15(19)18-17-9-13-8-7-12(2)20-13/h3-9,16H,10H2,1-2H3,(H,18,19)/b17-9+. The highest BCUT2D eigenvalue weighted by Crippen LogP contribution is 2.12. The van der Waals surface area contributed by atoms with Crippen LogP contribution in [0.5, 0.6) is 0 Å². The maximum absolute atomic E-state index is 11.6. The largest absolute Gasteiger partial charge is 0.460 e. The van der Waals surface area contributed by atoms with E-state index in [0.29, 0.717) is 5.76 Å². The van der Waals surface area contributed by atoms with Gasteiger partial charge in [-0.05, 0) is 37.6 Å². The van der Waals surface area contributed by atoms with Crippen LogP contribution in [-0.2, 0) is 4.79 Å². The first-order valence-electron chi connectivity index (χ1n) is 6.33. The molecule has 0 aliphatic carbocycles. The normalized spacial score (nSPS) is 10.7. The molecule has 1 amide bonds. The van der Waals surface area contributed by atoms with Gasteiger partial charge in [0.1, 0.15) is 11.5 Å². The van der Waals surface area contributed by atoms with Crippen molar-refractivity contribution in [3.8, 4) is 0 Å². The van der Waals surface area contributed by atoms with E-state index in [0.717, 1.165) is 17.0 Å². The van der Waals surface area contributed by atoms with E-state index < -0.39 is 0 Å². The van der Waals surface area contributed by atoms with Crippen LogP contribution in [0.1, 0.15) is 17.1 Å². The summed E-state index contributed by atoms with van der Waals surface area (Å²) in [6.07, 6.45) is 1.47. The second kappa shape index (κ2) is 6.56. The van der Waals surface area contributed by atoms with Gasteiger partial charge in [0, 0.05) is 5.69 Å². The second-order valence-electron chi connectivity index (χ2n) is 4.41. The Kier molecular flexibility index (Phi) is 4.55. The third-order valence-corrected chi connectivity index (χ3v) is 2.73. The first-order chi connectivity index (χ1) is 9.65. The van der Waals surface area contributed by atoms with E-state index in [-0.39, 0.29) is 12.5 Å². The number of amides is 1. The van der Waals surface area contributed by atoms with Gasteiger partial charge in [0.2, 0.25) is 0 Å². The summed E-state index contributed by atoms with van der Waals surface area (Å²) < 4.78 is 5.29. The van der Waals surface area contributed by atoms with Gasteiger partial charge in [-0.2, -0.15) is 5.10 Å². The van der Waals surface area contributed by atoms with Gasteiger partial charge >= 0.3 is 0 Å². The summed E-state index contributed by atoms with van der Waals surface area (Å²) in [4.78, 5) is 11.6. The van der Waals surface area contributed by atoms with Crippen molar-refractivity contribution >= 4 is 17.8 Å². The van der Waals surface area contributed by atoms with Crippen molar-refractivity contribution in [2.75, 3.05) is 11.9 Å². The van der Waals surface area contributed by atoms with Crippen molar-refractivity contribution < 1.29 is 9.21 Å². The van der Waals surface area contributed by atoms with Gasteiger partial charge in [-0.25, -0.2) is 5.43 Å². The lowest BCUT2D eigenvalue weighted by atomic mass is 10.2. The Morgan fingerprint density at radius 3 is 2.75 bits per heavy atom. The quantitative estimate of drug-likeness (QED) is 0.648. The van der Waals surface area contributed by atoms with Gasteiger partial charge in [0.25, 0.3) is 5.91 Å². The van der Waals surface area contributed by atoms with Crippen LogP contribution in [0.15, 0.2) is 45.9 Å². The number of para-hydroxylation sites is 1. The van der Waals surface area contributed by atoms with Crippen molar-refractivity contribution in [3.63, 3.8) is 0 Å². The molecule has 0 fully saturated rings. The summed E-state index contributed by atoms with van der Waals surface area (Å²) in [5.41, 5.74) is 4.47. The molecule has 1 aromatic carbocycles. The van der Waals surface area contributed by atoms with Crippen LogP contribution in [0.2, 0.25) is 0 Å². The monoisotopic (exact) mass is 271 g/mol. The number of aryl methyl sites for hydroxylation is 2. The molecule has 5 nitrogen and oxygen atoms in total. The molecule has 0 spiro atoms. The molecule has 0 saturated carbocycles. The smallest absolute Gasteiger partial charge is 0.259 e. The molecule has 0 bridgehead atoms. The van der Waals surface area contributed by atoms with Crippen LogP contribution < -0.4 is 10.7 Å². The Morgan fingerprint density at radius 2 is 2.05 bits per heavy atom. The molecule has 2 aromatic rings. The molecule has 2 rings (SSSR count). The van der Waals surface area contributed by atoms with Crippen molar-refractivity contribution in [1.29, 1.82) is 0 Å². The van der Waals surface area contributed by atoms with E-state index in [2.05, 4.69) is 15.8 Å². The molecule has 104 valence electrons.